The molecule has 2 aromatic carbocycles. The quantitative estimate of drug-likeness (QED) is 0.872. The van der Waals surface area contributed by atoms with Crippen LogP contribution in [0.4, 0.5) is 4.39 Å². The van der Waals surface area contributed by atoms with Gasteiger partial charge in [-0.05, 0) is 44.0 Å². The Balaban J connectivity index is 2.13. The number of hydrogen-bond acceptors (Lipinski definition) is 3. The molecule has 0 bridgehead atoms. The standard InChI is InChI=1S/C18H20FNO3S/c1-13(2)24(22,23)17-10-6-4-8-15(17)18(21)20-12-11-14-7-3-5-9-16(14)19/h3-10,13H,11-12H2,1-2H3,(H,20,21). The number of rotatable bonds is 6. The number of amides is 1. The molecule has 0 spiro atoms. The Kier molecular flexibility index (Phi) is 5.72. The summed E-state index contributed by atoms with van der Waals surface area (Å²) in [7, 11) is -3.56. The number of hydrogen-bond donors (Lipinski definition) is 1. The summed E-state index contributed by atoms with van der Waals surface area (Å²) in [6, 6.07) is 12.5. The molecule has 0 saturated heterocycles. The average molecular weight is 349 g/mol. The second-order valence-electron chi connectivity index (χ2n) is 5.69. The van der Waals surface area contributed by atoms with Crippen molar-refractivity contribution in [2.24, 2.45) is 0 Å². The molecule has 2 aromatic rings. The highest BCUT2D eigenvalue weighted by Crippen LogP contribution is 2.20. The van der Waals surface area contributed by atoms with Crippen molar-refractivity contribution < 1.29 is 17.6 Å². The van der Waals surface area contributed by atoms with Gasteiger partial charge in [-0.2, -0.15) is 0 Å². The van der Waals surface area contributed by atoms with E-state index in [1.807, 2.05) is 0 Å². The molecule has 0 unspecified atom stereocenters. The third-order valence-electron chi connectivity index (χ3n) is 3.70. The monoisotopic (exact) mass is 349 g/mol. The van der Waals surface area contributed by atoms with Crippen LogP contribution in [-0.4, -0.2) is 26.1 Å². The van der Waals surface area contributed by atoms with Crippen molar-refractivity contribution in [3.05, 3.63) is 65.5 Å². The van der Waals surface area contributed by atoms with Gasteiger partial charge in [0.15, 0.2) is 9.84 Å². The van der Waals surface area contributed by atoms with Crippen molar-refractivity contribution in [3.63, 3.8) is 0 Å². The Morgan fingerprint density at radius 2 is 1.71 bits per heavy atom. The topological polar surface area (TPSA) is 63.2 Å². The first-order valence-corrected chi connectivity index (χ1v) is 9.23. The van der Waals surface area contributed by atoms with Crippen LogP contribution < -0.4 is 5.32 Å². The molecular formula is C18H20FNO3S. The highest BCUT2D eigenvalue weighted by atomic mass is 32.2. The van der Waals surface area contributed by atoms with Crippen molar-refractivity contribution in [3.8, 4) is 0 Å². The molecule has 4 nitrogen and oxygen atoms in total. The summed E-state index contributed by atoms with van der Waals surface area (Å²) in [4.78, 5) is 12.4. The molecule has 128 valence electrons. The third kappa shape index (κ3) is 4.00. The van der Waals surface area contributed by atoms with Gasteiger partial charge in [-0.1, -0.05) is 30.3 Å². The summed E-state index contributed by atoms with van der Waals surface area (Å²) < 4.78 is 38.3. The van der Waals surface area contributed by atoms with Gasteiger partial charge < -0.3 is 5.32 Å². The highest BCUT2D eigenvalue weighted by Gasteiger charge is 2.24. The fraction of sp³-hybridized carbons (Fsp3) is 0.278. The Bertz CT molecular complexity index is 832. The molecule has 2 rings (SSSR count). The predicted octanol–water partition coefficient (Wildman–Crippen LogP) is 2.98. The maximum absolute atomic E-state index is 13.6. The van der Waals surface area contributed by atoms with Crippen LogP contribution in [0.25, 0.3) is 0 Å². The minimum atomic E-state index is -3.56. The maximum Gasteiger partial charge on any atom is 0.252 e. The lowest BCUT2D eigenvalue weighted by Crippen LogP contribution is -2.28. The van der Waals surface area contributed by atoms with Crippen LogP contribution in [0.1, 0.15) is 29.8 Å². The number of sulfone groups is 1. The molecule has 0 aliphatic heterocycles. The normalized spacial score (nSPS) is 11.5. The molecule has 1 amide bonds. The fourth-order valence-corrected chi connectivity index (χ4v) is 3.51. The van der Waals surface area contributed by atoms with Crippen LogP contribution in [0.15, 0.2) is 53.4 Å². The lowest BCUT2D eigenvalue weighted by molar-refractivity contribution is 0.0950. The van der Waals surface area contributed by atoms with Crippen LogP contribution in [0.5, 0.6) is 0 Å². The molecule has 0 aromatic heterocycles. The van der Waals surface area contributed by atoms with Gasteiger partial charge >= 0.3 is 0 Å². The summed E-state index contributed by atoms with van der Waals surface area (Å²) in [5, 5.41) is 2.04. The van der Waals surface area contributed by atoms with Crippen LogP contribution in [0.2, 0.25) is 0 Å². The van der Waals surface area contributed by atoms with E-state index in [2.05, 4.69) is 5.32 Å². The van der Waals surface area contributed by atoms with Gasteiger partial charge in [-0.15, -0.1) is 0 Å². The zero-order valence-electron chi connectivity index (χ0n) is 13.6. The number of carbonyl (C=O) groups is 1. The first-order chi connectivity index (χ1) is 11.3. The molecule has 0 saturated carbocycles. The smallest absolute Gasteiger partial charge is 0.252 e. The molecule has 1 N–H and O–H groups in total. The molecule has 0 fully saturated rings. The van der Waals surface area contributed by atoms with E-state index in [1.165, 1.54) is 18.2 Å². The number of benzene rings is 2. The van der Waals surface area contributed by atoms with E-state index in [9.17, 15) is 17.6 Å². The molecule has 6 heteroatoms. The maximum atomic E-state index is 13.6. The zero-order chi connectivity index (χ0) is 17.7. The second-order valence-corrected chi connectivity index (χ2v) is 8.16. The van der Waals surface area contributed by atoms with E-state index >= 15 is 0 Å². The Hall–Kier alpha value is -2.21. The van der Waals surface area contributed by atoms with Crippen molar-refractivity contribution in [1.29, 1.82) is 0 Å². The highest BCUT2D eigenvalue weighted by molar-refractivity contribution is 7.92. The van der Waals surface area contributed by atoms with Gasteiger partial charge in [0.25, 0.3) is 5.91 Å². The van der Waals surface area contributed by atoms with Crippen molar-refractivity contribution in [1.82, 2.24) is 5.32 Å². The SMILES string of the molecule is CC(C)S(=O)(=O)c1ccccc1C(=O)NCCc1ccccc1F. The molecular weight excluding hydrogens is 329 g/mol. The second kappa shape index (κ2) is 7.57. The van der Waals surface area contributed by atoms with Crippen molar-refractivity contribution >= 4 is 15.7 Å². The van der Waals surface area contributed by atoms with Gasteiger partial charge in [0.1, 0.15) is 5.82 Å². The molecule has 0 radical (unpaired) electrons. The Morgan fingerprint density at radius 1 is 1.08 bits per heavy atom. The fourth-order valence-electron chi connectivity index (χ4n) is 2.26. The van der Waals surface area contributed by atoms with Crippen LogP contribution in [-0.2, 0) is 16.3 Å². The zero-order valence-corrected chi connectivity index (χ0v) is 14.4. The van der Waals surface area contributed by atoms with Crippen LogP contribution in [0, 0.1) is 5.82 Å². The van der Waals surface area contributed by atoms with Crippen molar-refractivity contribution in [2.75, 3.05) is 6.54 Å². The lowest BCUT2D eigenvalue weighted by Gasteiger charge is -2.13. The molecule has 0 atom stereocenters. The molecule has 0 aliphatic carbocycles. The minimum absolute atomic E-state index is 0.0170. The Labute approximate surface area is 141 Å². The van der Waals surface area contributed by atoms with Crippen molar-refractivity contribution in [2.45, 2.75) is 30.4 Å². The van der Waals surface area contributed by atoms with E-state index in [-0.39, 0.29) is 22.8 Å². The molecule has 0 aliphatic rings. The summed E-state index contributed by atoms with van der Waals surface area (Å²) in [6.45, 7) is 3.36. The van der Waals surface area contributed by atoms with E-state index < -0.39 is 21.0 Å². The largest absolute Gasteiger partial charge is 0.352 e. The first kappa shape index (κ1) is 18.1. The van der Waals surface area contributed by atoms with Gasteiger partial charge in [-0.3, -0.25) is 4.79 Å². The molecule has 24 heavy (non-hydrogen) atoms. The third-order valence-corrected chi connectivity index (χ3v) is 5.91. The summed E-state index contributed by atoms with van der Waals surface area (Å²) in [5.74, 6) is -0.805. The Morgan fingerprint density at radius 3 is 2.38 bits per heavy atom. The van der Waals surface area contributed by atoms with E-state index in [1.54, 1.807) is 44.2 Å². The van der Waals surface area contributed by atoms with Gasteiger partial charge in [-0.25, -0.2) is 12.8 Å². The van der Waals surface area contributed by atoms with Crippen LogP contribution >= 0.6 is 0 Å². The van der Waals surface area contributed by atoms with Gasteiger partial charge in [0.05, 0.1) is 15.7 Å². The van der Waals surface area contributed by atoms with Gasteiger partial charge in [0.2, 0.25) is 0 Å². The average Bonchev–Trinajstić information content (AvgIpc) is 2.56. The number of nitrogens with one attached hydrogen (secondary N) is 1. The van der Waals surface area contributed by atoms with Gasteiger partial charge in [0, 0.05) is 6.54 Å². The summed E-state index contributed by atoms with van der Waals surface area (Å²) in [5.41, 5.74) is 0.612. The lowest BCUT2D eigenvalue weighted by atomic mass is 10.1. The number of halogens is 1. The predicted molar refractivity (Wildman–Crippen MR) is 91.2 cm³/mol. The number of carbonyl (C=O) groups excluding carboxylic acids is 1. The van der Waals surface area contributed by atoms with E-state index in [0.717, 1.165) is 0 Å². The summed E-state index contributed by atoms with van der Waals surface area (Å²) in [6.07, 6.45) is 0.331. The molecule has 0 heterocycles. The van der Waals surface area contributed by atoms with E-state index in [0.29, 0.717) is 12.0 Å². The summed E-state index contributed by atoms with van der Waals surface area (Å²) >= 11 is 0. The van der Waals surface area contributed by atoms with Crippen LogP contribution in [0.3, 0.4) is 0 Å². The van der Waals surface area contributed by atoms with E-state index in [4.69, 9.17) is 0 Å². The first-order valence-electron chi connectivity index (χ1n) is 7.68. The minimum Gasteiger partial charge on any atom is -0.352 e.